The average Bonchev–Trinajstić information content (AvgIpc) is 2.68. The van der Waals surface area contributed by atoms with Crippen molar-refractivity contribution in [2.45, 2.75) is 73.4 Å². The van der Waals surface area contributed by atoms with E-state index in [1.807, 2.05) is 0 Å². The normalized spacial score (nSPS) is 45.6. The maximum atomic E-state index is 11.2. The van der Waals surface area contributed by atoms with Crippen molar-refractivity contribution in [2.24, 2.45) is 0 Å². The van der Waals surface area contributed by atoms with Gasteiger partial charge in [-0.25, -0.2) is 4.79 Å². The Hall–Kier alpha value is -1.01. The lowest BCUT2D eigenvalue weighted by Crippen LogP contribution is -2.64. The first-order chi connectivity index (χ1) is 13.5. The molecule has 170 valence electrons. The molecule has 4 unspecified atom stereocenters. The summed E-state index contributed by atoms with van der Waals surface area (Å²) < 4.78 is 15.1. The Morgan fingerprint density at radius 1 is 1.07 bits per heavy atom. The first-order valence-electron chi connectivity index (χ1n) is 8.71. The summed E-state index contributed by atoms with van der Waals surface area (Å²) in [5, 5.41) is 97.4. The van der Waals surface area contributed by atoms with Crippen molar-refractivity contribution in [2.75, 3.05) is 13.2 Å². The molecule has 0 aromatic carbocycles. The van der Waals surface area contributed by atoms with Gasteiger partial charge in [0, 0.05) is 6.42 Å². The molecule has 2 saturated heterocycles. The highest BCUT2D eigenvalue weighted by atomic mass is 16.7. The van der Waals surface area contributed by atoms with Crippen LogP contribution in [-0.2, 0) is 19.0 Å². The van der Waals surface area contributed by atoms with Gasteiger partial charge >= 0.3 is 5.97 Å². The van der Waals surface area contributed by atoms with Crippen molar-refractivity contribution in [3.8, 4) is 0 Å². The summed E-state index contributed by atoms with van der Waals surface area (Å²) in [5.41, 5.74) is 0. The quantitative estimate of drug-likeness (QED) is 0.180. The topological polar surface area (TPSA) is 247 Å². The second-order valence-corrected chi connectivity index (χ2v) is 6.98. The van der Waals surface area contributed by atoms with Crippen LogP contribution in [0.5, 0.6) is 0 Å². The molecule has 14 heteroatoms. The smallest absolute Gasteiger partial charge is 0.364 e. The lowest BCUT2D eigenvalue weighted by Gasteiger charge is -2.44. The molecule has 0 aromatic rings. The van der Waals surface area contributed by atoms with Crippen molar-refractivity contribution in [1.82, 2.24) is 0 Å². The number of aliphatic carboxylic acids is 1. The molecule has 2 aliphatic heterocycles. The molecule has 0 amide bonds. The van der Waals surface area contributed by atoms with Gasteiger partial charge in [0.15, 0.2) is 6.29 Å². The zero-order chi connectivity index (χ0) is 22.1. The molecule has 2 rings (SSSR count). The summed E-state index contributed by atoms with van der Waals surface area (Å²) in [5.74, 6) is -4.83. The van der Waals surface area contributed by atoms with Crippen LogP contribution in [0.25, 0.3) is 0 Å². The van der Waals surface area contributed by atoms with Gasteiger partial charge in [0.05, 0.1) is 19.3 Å². The lowest BCUT2D eigenvalue weighted by molar-refractivity contribution is -0.339. The Morgan fingerprint density at radius 2 is 1.69 bits per heavy atom. The van der Waals surface area contributed by atoms with Crippen LogP contribution in [0.15, 0.2) is 0 Å². The summed E-state index contributed by atoms with van der Waals surface area (Å²) in [6, 6.07) is 0. The van der Waals surface area contributed by atoms with Crippen LogP contribution in [0, 0.1) is 0 Å². The number of ether oxygens (including phenoxy) is 3. The fourth-order valence-electron chi connectivity index (χ4n) is 3.17. The molecular formula is C15H26O14. The number of aliphatic hydroxyl groups excluding tert-OH is 8. The van der Waals surface area contributed by atoms with E-state index in [1.165, 1.54) is 0 Å². The van der Waals surface area contributed by atoms with Gasteiger partial charge in [-0.1, -0.05) is 0 Å². The minimum atomic E-state index is -2.94. The van der Waals surface area contributed by atoms with Gasteiger partial charge in [0.25, 0.3) is 5.79 Å². The Balaban J connectivity index is 2.16. The van der Waals surface area contributed by atoms with Crippen molar-refractivity contribution in [3.05, 3.63) is 0 Å². The molecule has 0 radical (unpaired) electrons. The minimum absolute atomic E-state index is 0.764. The van der Waals surface area contributed by atoms with E-state index in [0.717, 1.165) is 0 Å². The van der Waals surface area contributed by atoms with Crippen LogP contribution in [0.4, 0.5) is 0 Å². The Labute approximate surface area is 163 Å². The molecule has 14 nitrogen and oxygen atoms in total. The Bertz CT molecular complexity index is 559. The van der Waals surface area contributed by atoms with E-state index < -0.39 is 92.6 Å². The minimum Gasteiger partial charge on any atom is -0.477 e. The molecule has 2 aliphatic rings. The molecule has 0 aromatic heterocycles. The van der Waals surface area contributed by atoms with Gasteiger partial charge in [-0.3, -0.25) is 0 Å². The molecule has 0 saturated carbocycles. The number of carbonyl (C=O) groups is 1. The van der Waals surface area contributed by atoms with Crippen LogP contribution in [0.3, 0.4) is 0 Å². The Morgan fingerprint density at radius 3 is 2.21 bits per heavy atom. The number of carboxylic acids is 1. The van der Waals surface area contributed by atoms with Gasteiger partial charge < -0.3 is 65.3 Å². The maximum Gasteiger partial charge on any atom is 0.364 e. The largest absolute Gasteiger partial charge is 0.477 e. The van der Waals surface area contributed by atoms with Gasteiger partial charge in [-0.2, -0.15) is 0 Å². The summed E-state index contributed by atoms with van der Waals surface area (Å²) in [6.45, 7) is -1.76. The molecule has 11 atom stereocenters. The monoisotopic (exact) mass is 430 g/mol. The molecule has 10 N–H and O–H groups in total. The first-order valence-corrected chi connectivity index (χ1v) is 8.71. The van der Waals surface area contributed by atoms with Crippen LogP contribution in [0.1, 0.15) is 6.42 Å². The third kappa shape index (κ3) is 4.84. The van der Waals surface area contributed by atoms with Gasteiger partial charge in [0.1, 0.15) is 48.8 Å². The zero-order valence-electron chi connectivity index (χ0n) is 15.0. The molecule has 0 spiro atoms. The fourth-order valence-corrected chi connectivity index (χ4v) is 3.17. The highest BCUT2D eigenvalue weighted by Gasteiger charge is 2.54. The number of aliphatic hydroxyl groups is 9. The van der Waals surface area contributed by atoms with Crippen LogP contribution < -0.4 is 0 Å². The van der Waals surface area contributed by atoms with Crippen LogP contribution in [-0.4, -0.2) is 137 Å². The Kier molecular flexibility index (Phi) is 7.88. The number of carboxylic acid groups (broad SMARTS) is 1. The van der Waals surface area contributed by atoms with Crippen molar-refractivity contribution in [3.63, 3.8) is 0 Å². The summed E-state index contributed by atoms with van der Waals surface area (Å²) >= 11 is 0. The molecule has 2 fully saturated rings. The SMILES string of the molecule is O=C(O)[C@]1(O)C[C@@H](O)[C@@H](O)C([C@H](O)[C@@H](CO)O[C@@H]2OC(CO)[C@H](O)C(O)C2O)O1. The zero-order valence-corrected chi connectivity index (χ0v) is 15.0. The second kappa shape index (κ2) is 9.42. The fraction of sp³-hybridized carbons (Fsp3) is 0.933. The first kappa shape index (κ1) is 24.3. The number of hydrogen-bond donors (Lipinski definition) is 10. The molecule has 29 heavy (non-hydrogen) atoms. The van der Waals surface area contributed by atoms with Crippen molar-refractivity contribution >= 4 is 5.97 Å². The highest BCUT2D eigenvalue weighted by Crippen LogP contribution is 2.31. The highest BCUT2D eigenvalue weighted by molar-refractivity contribution is 5.75. The van der Waals surface area contributed by atoms with E-state index >= 15 is 0 Å². The standard InChI is InChI=1S/C15H26O14/c16-2-5-8(20)10(22)11(23)13(27-5)28-6(3-17)9(21)12-7(19)4(18)1-15(26,29-12)14(24)25/h4-13,16-23,26H,1-3H2,(H,24,25)/t4-,5?,6-,7-,8+,9-,10?,11?,12?,13+,15+/m1/s1. The maximum absolute atomic E-state index is 11.2. The summed E-state index contributed by atoms with van der Waals surface area (Å²) in [4.78, 5) is 11.2. The van der Waals surface area contributed by atoms with Gasteiger partial charge in [0.2, 0.25) is 0 Å². The van der Waals surface area contributed by atoms with Gasteiger partial charge in [-0.15, -0.1) is 0 Å². The number of hydrogen-bond acceptors (Lipinski definition) is 13. The van der Waals surface area contributed by atoms with Crippen molar-refractivity contribution in [1.29, 1.82) is 0 Å². The van der Waals surface area contributed by atoms with Crippen LogP contribution >= 0.6 is 0 Å². The van der Waals surface area contributed by atoms with E-state index in [4.69, 9.17) is 24.4 Å². The third-order valence-electron chi connectivity index (χ3n) is 4.94. The third-order valence-corrected chi connectivity index (χ3v) is 4.94. The molecule has 0 aliphatic carbocycles. The average molecular weight is 430 g/mol. The van der Waals surface area contributed by atoms with E-state index in [1.54, 1.807) is 0 Å². The molecule has 0 bridgehead atoms. The number of rotatable bonds is 7. The summed E-state index contributed by atoms with van der Waals surface area (Å²) in [6.07, 6.45) is -18.8. The lowest BCUT2D eigenvalue weighted by atomic mass is 9.91. The van der Waals surface area contributed by atoms with Crippen LogP contribution in [0.2, 0.25) is 0 Å². The molecule has 2 heterocycles. The van der Waals surface area contributed by atoms with E-state index in [-0.39, 0.29) is 0 Å². The predicted octanol–water partition coefficient (Wildman–Crippen LogP) is -6.19. The van der Waals surface area contributed by atoms with E-state index in [2.05, 4.69) is 0 Å². The summed E-state index contributed by atoms with van der Waals surface area (Å²) in [7, 11) is 0. The predicted molar refractivity (Wildman–Crippen MR) is 85.8 cm³/mol. The molecular weight excluding hydrogens is 404 g/mol. The second-order valence-electron chi connectivity index (χ2n) is 6.98. The van der Waals surface area contributed by atoms with Gasteiger partial charge in [-0.05, 0) is 0 Å². The van der Waals surface area contributed by atoms with Crippen molar-refractivity contribution < 1.29 is 70.1 Å². The van der Waals surface area contributed by atoms with E-state index in [0.29, 0.717) is 0 Å². The van der Waals surface area contributed by atoms with E-state index in [9.17, 15) is 45.6 Å².